The predicted octanol–water partition coefficient (Wildman–Crippen LogP) is 4.00. The lowest BCUT2D eigenvalue weighted by Crippen LogP contribution is -2.16. The molecule has 0 aromatic heterocycles. The van der Waals surface area contributed by atoms with E-state index in [1.807, 2.05) is 0 Å². The number of ether oxygens (including phenoxy) is 1. The van der Waals surface area contributed by atoms with E-state index >= 15 is 0 Å². The van der Waals surface area contributed by atoms with Crippen molar-refractivity contribution in [1.29, 1.82) is 0 Å². The zero-order valence-electron chi connectivity index (χ0n) is 13.1. The Bertz CT molecular complexity index is 787. The van der Waals surface area contributed by atoms with E-state index in [1.165, 1.54) is 24.3 Å². The summed E-state index contributed by atoms with van der Waals surface area (Å²) in [5.74, 6) is -1.37. The number of anilines is 3. The number of halogens is 4. The lowest BCUT2D eigenvalue weighted by Gasteiger charge is -2.15. The third kappa shape index (κ3) is 4.69. The molecule has 0 heterocycles. The Morgan fingerprint density at radius 2 is 2.04 bits per heavy atom. The summed E-state index contributed by atoms with van der Waals surface area (Å²) in [6, 6.07) is 6.27. The molecule has 1 amide bonds. The van der Waals surface area contributed by atoms with Gasteiger partial charge >= 0.3 is 0 Å². The van der Waals surface area contributed by atoms with Gasteiger partial charge in [0.2, 0.25) is 0 Å². The fraction of sp³-hybridized carbons (Fsp3) is 0.188. The van der Waals surface area contributed by atoms with Gasteiger partial charge in [0, 0.05) is 18.8 Å². The molecule has 0 saturated carbocycles. The molecule has 9 heteroatoms. The van der Waals surface area contributed by atoms with Crippen LogP contribution < -0.4 is 21.1 Å². The lowest BCUT2D eigenvalue weighted by atomic mass is 10.1. The van der Waals surface area contributed by atoms with Crippen molar-refractivity contribution in [2.75, 3.05) is 30.0 Å². The molecule has 0 aliphatic heterocycles. The van der Waals surface area contributed by atoms with E-state index in [0.717, 1.165) is 6.07 Å². The standard InChI is InChI=1S/C16H15ClF3N3O2/c1-22-13-6-14(25-7-15(19)20)9(5-12(13)21)16(24)23-8-2-3-11(18)10(17)4-8/h2-6,15,22H,7,21H2,1H3,(H,23,24). The van der Waals surface area contributed by atoms with E-state index < -0.39 is 24.8 Å². The van der Waals surface area contributed by atoms with Crippen molar-refractivity contribution in [1.82, 2.24) is 0 Å². The first-order valence-corrected chi connectivity index (χ1v) is 7.48. The largest absolute Gasteiger partial charge is 0.487 e. The third-order valence-electron chi connectivity index (χ3n) is 3.21. The van der Waals surface area contributed by atoms with Crippen LogP contribution in [0.2, 0.25) is 5.02 Å². The molecule has 0 spiro atoms. The maximum Gasteiger partial charge on any atom is 0.272 e. The maximum absolute atomic E-state index is 13.2. The quantitative estimate of drug-likeness (QED) is 0.669. The van der Waals surface area contributed by atoms with Crippen LogP contribution in [-0.2, 0) is 0 Å². The van der Waals surface area contributed by atoms with Gasteiger partial charge in [0.1, 0.15) is 18.2 Å². The first-order chi connectivity index (χ1) is 11.8. The smallest absolute Gasteiger partial charge is 0.272 e. The minimum Gasteiger partial charge on any atom is -0.487 e. The average molecular weight is 374 g/mol. The minimum atomic E-state index is -2.71. The Balaban J connectivity index is 2.32. The van der Waals surface area contributed by atoms with Crippen LogP contribution in [0.5, 0.6) is 5.75 Å². The van der Waals surface area contributed by atoms with Gasteiger partial charge in [0.15, 0.2) is 0 Å². The number of alkyl halides is 2. The number of nitrogen functional groups attached to an aromatic ring is 1. The highest BCUT2D eigenvalue weighted by molar-refractivity contribution is 6.31. The molecule has 0 bridgehead atoms. The fourth-order valence-electron chi connectivity index (χ4n) is 2.04. The SMILES string of the molecule is CNc1cc(OCC(F)F)c(C(=O)Nc2ccc(F)c(Cl)c2)cc1N. The molecule has 0 fully saturated rings. The molecule has 0 aliphatic rings. The first-order valence-electron chi connectivity index (χ1n) is 7.10. The molecule has 2 aromatic carbocycles. The van der Waals surface area contributed by atoms with Gasteiger partial charge in [-0.1, -0.05) is 11.6 Å². The molecule has 0 unspecified atom stereocenters. The van der Waals surface area contributed by atoms with Crippen molar-refractivity contribution < 1.29 is 22.7 Å². The van der Waals surface area contributed by atoms with Crippen LogP contribution in [0.1, 0.15) is 10.4 Å². The number of carbonyl (C=O) groups excluding carboxylic acids is 1. The fourth-order valence-corrected chi connectivity index (χ4v) is 2.22. The number of nitrogens with two attached hydrogens (primary N) is 1. The topological polar surface area (TPSA) is 76.4 Å². The van der Waals surface area contributed by atoms with Gasteiger partial charge in [-0.15, -0.1) is 0 Å². The number of hydrogen-bond donors (Lipinski definition) is 3. The van der Waals surface area contributed by atoms with Crippen molar-refractivity contribution in [3.8, 4) is 5.75 Å². The summed E-state index contributed by atoms with van der Waals surface area (Å²) in [6.07, 6.45) is -2.71. The number of carbonyl (C=O) groups is 1. The molecule has 0 radical (unpaired) electrons. The summed E-state index contributed by atoms with van der Waals surface area (Å²) in [5.41, 5.74) is 6.65. The van der Waals surface area contributed by atoms with Gasteiger partial charge in [-0.2, -0.15) is 0 Å². The number of nitrogens with one attached hydrogen (secondary N) is 2. The highest BCUT2D eigenvalue weighted by atomic mass is 35.5. The highest BCUT2D eigenvalue weighted by Crippen LogP contribution is 2.30. The summed E-state index contributed by atoms with van der Waals surface area (Å²) in [6.45, 7) is -0.879. The Morgan fingerprint density at radius 1 is 1.32 bits per heavy atom. The van der Waals surface area contributed by atoms with Crippen LogP contribution in [0.3, 0.4) is 0 Å². The molecule has 0 aliphatic carbocycles. The Kier molecular flexibility index (Phi) is 5.97. The lowest BCUT2D eigenvalue weighted by molar-refractivity contribution is 0.0803. The molecule has 2 aromatic rings. The Labute approximate surface area is 146 Å². The van der Waals surface area contributed by atoms with Crippen molar-refractivity contribution in [2.24, 2.45) is 0 Å². The zero-order valence-corrected chi connectivity index (χ0v) is 13.8. The third-order valence-corrected chi connectivity index (χ3v) is 3.50. The summed E-state index contributed by atoms with van der Waals surface area (Å²) in [4.78, 5) is 12.4. The van der Waals surface area contributed by atoms with E-state index in [2.05, 4.69) is 10.6 Å². The van der Waals surface area contributed by atoms with Gasteiger partial charge < -0.3 is 21.1 Å². The summed E-state index contributed by atoms with van der Waals surface area (Å²) >= 11 is 5.66. The molecule has 25 heavy (non-hydrogen) atoms. The van der Waals surface area contributed by atoms with Crippen molar-refractivity contribution in [2.45, 2.75) is 6.43 Å². The zero-order chi connectivity index (χ0) is 18.6. The van der Waals surface area contributed by atoms with E-state index in [1.54, 1.807) is 7.05 Å². The van der Waals surface area contributed by atoms with Crippen molar-refractivity contribution >= 4 is 34.6 Å². The number of benzene rings is 2. The van der Waals surface area contributed by atoms with Crippen LogP contribution in [0, 0.1) is 5.82 Å². The Morgan fingerprint density at radius 3 is 2.64 bits per heavy atom. The van der Waals surface area contributed by atoms with Crippen LogP contribution in [0.4, 0.5) is 30.2 Å². The minimum absolute atomic E-state index is 0.0439. The van der Waals surface area contributed by atoms with Crippen molar-refractivity contribution in [3.63, 3.8) is 0 Å². The molecule has 134 valence electrons. The molecule has 5 nitrogen and oxygen atoms in total. The van der Waals surface area contributed by atoms with Gasteiger partial charge in [-0.3, -0.25) is 4.79 Å². The normalized spacial score (nSPS) is 10.6. The summed E-state index contributed by atoms with van der Waals surface area (Å²) < 4.78 is 43.0. The van der Waals surface area contributed by atoms with Crippen molar-refractivity contribution in [3.05, 3.63) is 46.7 Å². The highest BCUT2D eigenvalue weighted by Gasteiger charge is 2.18. The number of hydrogen-bond acceptors (Lipinski definition) is 4. The number of amides is 1. The Hall–Kier alpha value is -2.61. The van der Waals surface area contributed by atoms with Gasteiger partial charge in [-0.25, -0.2) is 13.2 Å². The van der Waals surface area contributed by atoms with Gasteiger partial charge in [0.25, 0.3) is 12.3 Å². The molecular weight excluding hydrogens is 359 g/mol. The van der Waals surface area contributed by atoms with E-state index in [0.29, 0.717) is 5.69 Å². The molecular formula is C16H15ClF3N3O2. The molecule has 0 saturated heterocycles. The van der Waals surface area contributed by atoms with Crippen LogP contribution in [-0.4, -0.2) is 26.0 Å². The predicted molar refractivity (Wildman–Crippen MR) is 91.3 cm³/mol. The van der Waals surface area contributed by atoms with Gasteiger partial charge in [0.05, 0.1) is 22.0 Å². The molecule has 2 rings (SSSR count). The maximum atomic E-state index is 13.2. The van der Waals surface area contributed by atoms with E-state index in [-0.39, 0.29) is 27.7 Å². The molecule has 0 atom stereocenters. The summed E-state index contributed by atoms with van der Waals surface area (Å²) in [7, 11) is 1.59. The second kappa shape index (κ2) is 7.98. The number of rotatable bonds is 6. The van der Waals surface area contributed by atoms with Crippen LogP contribution in [0.25, 0.3) is 0 Å². The van der Waals surface area contributed by atoms with E-state index in [4.69, 9.17) is 22.1 Å². The van der Waals surface area contributed by atoms with Crippen LogP contribution in [0.15, 0.2) is 30.3 Å². The van der Waals surface area contributed by atoms with Gasteiger partial charge in [-0.05, 0) is 24.3 Å². The second-order valence-electron chi connectivity index (χ2n) is 4.97. The monoisotopic (exact) mass is 373 g/mol. The summed E-state index contributed by atoms with van der Waals surface area (Å²) in [5, 5.41) is 5.09. The average Bonchev–Trinajstić information content (AvgIpc) is 2.56. The second-order valence-corrected chi connectivity index (χ2v) is 5.38. The van der Waals surface area contributed by atoms with E-state index in [9.17, 15) is 18.0 Å². The first kappa shape index (κ1) is 18.7. The molecule has 4 N–H and O–H groups in total. The van der Waals surface area contributed by atoms with Crippen LogP contribution >= 0.6 is 11.6 Å².